The van der Waals surface area contributed by atoms with E-state index in [0.717, 1.165) is 31.5 Å². The Labute approximate surface area is 282 Å². The van der Waals surface area contributed by atoms with Crippen LogP contribution in [0.5, 0.6) is 0 Å². The molecular weight excluding hydrogens is 679 g/mol. The molecule has 9 nitrogen and oxygen atoms in total. The van der Waals surface area contributed by atoms with Crippen LogP contribution >= 0.6 is 0 Å². The zero-order valence-electron chi connectivity index (χ0n) is 26.7. The van der Waals surface area contributed by atoms with E-state index in [1.807, 2.05) is 0 Å². The van der Waals surface area contributed by atoms with Gasteiger partial charge in [0, 0.05) is 30.6 Å². The highest BCUT2D eigenvalue weighted by Crippen LogP contribution is 2.33. The van der Waals surface area contributed by atoms with Crippen LogP contribution in [0.25, 0.3) is 0 Å². The van der Waals surface area contributed by atoms with Crippen LogP contribution in [0.1, 0.15) is 47.4 Å². The van der Waals surface area contributed by atoms with Crippen molar-refractivity contribution in [2.45, 2.75) is 62.4 Å². The lowest BCUT2D eigenvalue weighted by molar-refractivity contribution is -0.158. The van der Waals surface area contributed by atoms with Gasteiger partial charge in [0.15, 0.2) is 17.4 Å². The smallest absolute Gasteiger partial charge is 0.407 e. The van der Waals surface area contributed by atoms with Gasteiger partial charge >= 0.3 is 18.2 Å². The summed E-state index contributed by atoms with van der Waals surface area (Å²) in [7, 11) is 1.04. The topological polar surface area (TPSA) is 116 Å². The molecule has 0 radical (unpaired) electrons. The molecule has 4 atom stereocenters. The molecule has 2 heterocycles. The Morgan fingerprint density at radius 1 is 1.04 bits per heavy atom. The van der Waals surface area contributed by atoms with E-state index in [1.165, 1.54) is 30.5 Å². The van der Waals surface area contributed by atoms with Gasteiger partial charge in [-0.3, -0.25) is 14.6 Å². The van der Waals surface area contributed by atoms with Crippen molar-refractivity contribution in [1.82, 2.24) is 15.6 Å². The van der Waals surface area contributed by atoms with E-state index in [9.17, 15) is 36.3 Å². The molecule has 16 heteroatoms. The van der Waals surface area contributed by atoms with Crippen molar-refractivity contribution >= 4 is 17.8 Å². The third-order valence-corrected chi connectivity index (χ3v) is 8.09. The number of Topliss-reactive ketones (excluding diaryl/α,β-unsaturated/α-hetero) is 1. The molecule has 1 fully saturated rings. The van der Waals surface area contributed by atoms with Crippen LogP contribution < -0.4 is 10.6 Å². The first-order valence-corrected chi connectivity index (χ1v) is 15.5. The Morgan fingerprint density at radius 2 is 1.78 bits per heavy atom. The fourth-order valence-electron chi connectivity index (χ4n) is 5.53. The lowest BCUT2D eigenvalue weighted by Gasteiger charge is -2.30. The number of ketones is 1. The summed E-state index contributed by atoms with van der Waals surface area (Å²) in [6.07, 6.45) is -6.04. The number of alkyl carbamates (subject to hydrolysis) is 1. The lowest BCUT2D eigenvalue weighted by Crippen LogP contribution is -2.49. The van der Waals surface area contributed by atoms with Crippen LogP contribution in [0.3, 0.4) is 0 Å². The number of methoxy groups -OCH3 is 1. The molecule has 1 aliphatic heterocycles. The maximum Gasteiger partial charge on any atom is 0.407 e. The number of hydrogen-bond donors (Lipinski definition) is 2. The second-order valence-electron chi connectivity index (χ2n) is 11.6. The Kier molecular flexibility index (Phi) is 13.3. The number of carbonyl (C=O) groups excluding carboxylic acids is 3. The summed E-state index contributed by atoms with van der Waals surface area (Å²) in [5.41, 5.74) is 0.126. The van der Waals surface area contributed by atoms with Crippen molar-refractivity contribution in [3.63, 3.8) is 0 Å². The summed E-state index contributed by atoms with van der Waals surface area (Å²) < 4.78 is 111. The second kappa shape index (κ2) is 17.4. The average molecular weight is 714 g/mol. The molecule has 50 heavy (non-hydrogen) atoms. The number of ether oxygens (including phenoxy) is 3. The number of hydrogen-bond acceptors (Lipinski definition) is 8. The summed E-state index contributed by atoms with van der Waals surface area (Å²) in [4.78, 5) is 41.9. The third-order valence-electron chi connectivity index (χ3n) is 8.09. The number of pyridine rings is 1. The zero-order chi connectivity index (χ0) is 36.4. The predicted octanol–water partition coefficient (Wildman–Crippen LogP) is 5.48. The molecule has 2 N–H and O–H groups in total. The van der Waals surface area contributed by atoms with E-state index in [4.69, 9.17) is 14.2 Å². The van der Waals surface area contributed by atoms with E-state index in [0.29, 0.717) is 0 Å². The number of alkyl halides is 3. The zero-order valence-corrected chi connectivity index (χ0v) is 26.7. The van der Waals surface area contributed by atoms with Gasteiger partial charge in [0.1, 0.15) is 24.3 Å². The van der Waals surface area contributed by atoms with Crippen LogP contribution in [0.4, 0.5) is 35.5 Å². The molecule has 0 unspecified atom stereocenters. The van der Waals surface area contributed by atoms with Crippen molar-refractivity contribution in [2.24, 2.45) is 0 Å². The van der Waals surface area contributed by atoms with Crippen molar-refractivity contribution in [1.29, 1.82) is 0 Å². The summed E-state index contributed by atoms with van der Waals surface area (Å²) in [6.45, 7) is 0.104. The van der Waals surface area contributed by atoms with E-state index in [-0.39, 0.29) is 54.9 Å². The fourth-order valence-corrected chi connectivity index (χ4v) is 5.53. The number of esters is 1. The van der Waals surface area contributed by atoms with Crippen LogP contribution in [0, 0.1) is 23.3 Å². The van der Waals surface area contributed by atoms with E-state index in [2.05, 4.69) is 15.6 Å². The average Bonchev–Trinajstić information content (AvgIpc) is 3.08. The molecule has 0 aliphatic carbocycles. The van der Waals surface area contributed by atoms with Gasteiger partial charge in [-0.25, -0.2) is 22.4 Å². The number of nitrogens with zero attached hydrogens (tertiary/aromatic N) is 1. The standard InChI is InChI=1S/C34H34F7N3O6/c1-48-33(47)44-32(30(19-5-7-21(35)8-6-19)25-3-2-4-26(36)31(25)38)28(45)13-20-14-42-16-27(37)24(20)10-9-23-15-43-22(17-49-23)18-50-29(46)11-12-34(39,40)41/h2-8,14,16,22-23,30,32,43H,9-13,15,17-18H2,1H3,(H,44,47)/t22-,23+,30-,32+/m0/s1. The SMILES string of the molecule is COC(=O)N[C@H](C(=O)Cc1cncc(F)c1CC[C@@H]1CN[C@H](COC(=O)CCC(F)(F)F)CO1)[C@@H](c1ccc(F)cc1)c1cccc(F)c1F. The summed E-state index contributed by atoms with van der Waals surface area (Å²) in [5, 5.41) is 5.45. The molecule has 0 spiro atoms. The van der Waals surface area contributed by atoms with Crippen molar-refractivity contribution in [2.75, 3.05) is 26.9 Å². The third kappa shape index (κ3) is 10.7. The molecular formula is C34H34F7N3O6. The Bertz CT molecular complexity index is 1630. The minimum absolute atomic E-state index is 0.0592. The fraction of sp³-hybridized carbons (Fsp3) is 0.412. The Morgan fingerprint density at radius 3 is 2.44 bits per heavy atom. The molecule has 1 aromatic heterocycles. The minimum Gasteiger partial charge on any atom is -0.464 e. The molecule has 2 aromatic carbocycles. The monoisotopic (exact) mass is 713 g/mol. The first kappa shape index (κ1) is 38.2. The van der Waals surface area contributed by atoms with Gasteiger partial charge in [-0.15, -0.1) is 0 Å². The van der Waals surface area contributed by atoms with Gasteiger partial charge in [0.05, 0.1) is 44.9 Å². The van der Waals surface area contributed by atoms with Crippen LogP contribution in [-0.2, 0) is 36.6 Å². The number of amides is 1. The summed E-state index contributed by atoms with van der Waals surface area (Å²) >= 11 is 0. The Balaban J connectivity index is 1.48. The Hall–Kier alpha value is -4.57. The van der Waals surface area contributed by atoms with Gasteiger partial charge in [-0.1, -0.05) is 24.3 Å². The molecule has 4 rings (SSSR count). The van der Waals surface area contributed by atoms with Gasteiger partial charge in [-0.2, -0.15) is 13.2 Å². The van der Waals surface area contributed by atoms with E-state index >= 15 is 8.78 Å². The number of morpholine rings is 1. The maximum atomic E-state index is 15.2. The molecule has 3 aromatic rings. The molecule has 1 aliphatic rings. The predicted molar refractivity (Wildman–Crippen MR) is 163 cm³/mol. The van der Waals surface area contributed by atoms with Crippen LogP contribution in [0.15, 0.2) is 54.9 Å². The highest BCUT2D eigenvalue weighted by atomic mass is 19.4. The van der Waals surface area contributed by atoms with Gasteiger partial charge in [0.25, 0.3) is 0 Å². The van der Waals surface area contributed by atoms with Crippen LogP contribution in [0.2, 0.25) is 0 Å². The van der Waals surface area contributed by atoms with Gasteiger partial charge < -0.3 is 24.8 Å². The molecule has 0 bridgehead atoms. The van der Waals surface area contributed by atoms with Gasteiger partial charge in [-0.05, 0) is 47.7 Å². The molecule has 1 amide bonds. The van der Waals surface area contributed by atoms with Crippen molar-refractivity contribution in [3.8, 4) is 0 Å². The lowest BCUT2D eigenvalue weighted by atomic mass is 9.81. The first-order valence-electron chi connectivity index (χ1n) is 15.5. The summed E-state index contributed by atoms with van der Waals surface area (Å²) in [5.74, 6) is -6.97. The number of carbonyl (C=O) groups is 3. The molecule has 270 valence electrons. The van der Waals surface area contributed by atoms with E-state index < -0.39 is 90.7 Å². The minimum atomic E-state index is -4.48. The summed E-state index contributed by atoms with van der Waals surface area (Å²) in [6, 6.07) is 5.90. The number of aromatic nitrogens is 1. The maximum absolute atomic E-state index is 15.2. The second-order valence-corrected chi connectivity index (χ2v) is 11.6. The normalized spacial score (nSPS) is 17.4. The first-order chi connectivity index (χ1) is 23.8. The van der Waals surface area contributed by atoms with E-state index in [1.54, 1.807) is 0 Å². The van der Waals surface area contributed by atoms with Crippen molar-refractivity contribution in [3.05, 3.63) is 100 Å². The van der Waals surface area contributed by atoms with Crippen molar-refractivity contribution < 1.29 is 59.3 Å². The number of benzene rings is 2. The number of rotatable bonds is 14. The van der Waals surface area contributed by atoms with Crippen LogP contribution in [-0.4, -0.2) is 74.1 Å². The quantitative estimate of drug-likeness (QED) is 0.167. The van der Waals surface area contributed by atoms with Gasteiger partial charge in [0.2, 0.25) is 0 Å². The molecule has 1 saturated heterocycles. The highest BCUT2D eigenvalue weighted by molar-refractivity contribution is 5.90. The number of nitrogens with one attached hydrogen (secondary N) is 2. The molecule has 0 saturated carbocycles. The largest absolute Gasteiger partial charge is 0.464 e. The highest BCUT2D eigenvalue weighted by Gasteiger charge is 2.36. The number of halogens is 7.